The maximum absolute atomic E-state index is 13.5. The summed E-state index contributed by atoms with van der Waals surface area (Å²) in [5.41, 5.74) is 0.783. The van der Waals surface area contributed by atoms with Crippen LogP contribution in [0.4, 0.5) is 9.18 Å². The zero-order valence-electron chi connectivity index (χ0n) is 21.2. The molecule has 2 N–H and O–H groups in total. The van der Waals surface area contributed by atoms with Crippen molar-refractivity contribution in [1.29, 1.82) is 0 Å². The van der Waals surface area contributed by atoms with Crippen LogP contribution in [0.5, 0.6) is 0 Å². The van der Waals surface area contributed by atoms with Gasteiger partial charge in [0.05, 0.1) is 11.8 Å². The van der Waals surface area contributed by atoms with E-state index < -0.39 is 39.0 Å². The fraction of sp³-hybridized carbons (Fsp3) is 0.296. The lowest BCUT2D eigenvalue weighted by Gasteiger charge is -2.32. The lowest BCUT2D eigenvalue weighted by Crippen LogP contribution is -2.37. The molecule has 0 saturated carbocycles. The Labute approximate surface area is 214 Å². The first kappa shape index (κ1) is 27.8. The molecule has 3 rings (SSSR count). The zero-order valence-corrected chi connectivity index (χ0v) is 22.0. The molecule has 37 heavy (non-hydrogen) atoms. The Kier molecular flexibility index (Phi) is 7.73. The molecule has 1 heterocycles. The summed E-state index contributed by atoms with van der Waals surface area (Å²) in [7, 11) is -1.90. The lowest BCUT2D eigenvalue weighted by molar-refractivity contribution is 0.103. The Morgan fingerprint density at radius 1 is 1.05 bits per heavy atom. The van der Waals surface area contributed by atoms with Gasteiger partial charge in [-0.2, -0.15) is 0 Å². The first-order chi connectivity index (χ1) is 17.1. The molecule has 8 nitrogen and oxygen atoms in total. The Morgan fingerprint density at radius 3 is 2.22 bits per heavy atom. The second kappa shape index (κ2) is 10.3. The van der Waals surface area contributed by atoms with Crippen molar-refractivity contribution in [3.05, 3.63) is 93.2 Å². The van der Waals surface area contributed by atoms with Gasteiger partial charge in [0, 0.05) is 42.3 Å². The van der Waals surface area contributed by atoms with Crippen LogP contribution in [0.25, 0.3) is 11.1 Å². The van der Waals surface area contributed by atoms with E-state index in [4.69, 9.17) is 0 Å². The number of carboxylic acid groups (broad SMARTS) is 1. The van der Waals surface area contributed by atoms with Gasteiger partial charge in [-0.05, 0) is 52.4 Å². The predicted octanol–water partition coefficient (Wildman–Crippen LogP) is 4.32. The maximum Gasteiger partial charge on any atom is 0.405 e. The van der Waals surface area contributed by atoms with Crippen LogP contribution in [0, 0.1) is 11.2 Å². The van der Waals surface area contributed by atoms with Crippen molar-refractivity contribution in [3.8, 4) is 11.1 Å². The van der Waals surface area contributed by atoms with Crippen molar-refractivity contribution in [1.82, 2.24) is 9.88 Å². The second-order valence-electron chi connectivity index (χ2n) is 10.1. The van der Waals surface area contributed by atoms with Crippen LogP contribution in [-0.4, -0.2) is 36.2 Å². The fourth-order valence-corrected chi connectivity index (χ4v) is 4.94. The molecule has 196 valence electrons. The van der Waals surface area contributed by atoms with E-state index in [1.807, 2.05) is 0 Å². The number of nitrogens with one attached hydrogen (secondary N) is 1. The molecule has 3 aromatic rings. The van der Waals surface area contributed by atoms with Gasteiger partial charge in [-0.3, -0.25) is 9.59 Å². The van der Waals surface area contributed by atoms with Gasteiger partial charge in [0.2, 0.25) is 0 Å². The van der Waals surface area contributed by atoms with Gasteiger partial charge >= 0.3 is 6.09 Å². The third-order valence-electron chi connectivity index (χ3n) is 5.86. The minimum Gasteiger partial charge on any atom is -0.465 e. The molecule has 1 aromatic heterocycles. The molecular weight excluding hydrogens is 499 g/mol. The number of sulfone groups is 1. The van der Waals surface area contributed by atoms with E-state index in [2.05, 4.69) is 5.32 Å². The third kappa shape index (κ3) is 6.71. The molecule has 1 unspecified atom stereocenters. The van der Waals surface area contributed by atoms with Crippen molar-refractivity contribution in [2.24, 2.45) is 12.5 Å². The number of hydrogen-bond donors (Lipinski definition) is 2. The predicted molar refractivity (Wildman–Crippen MR) is 139 cm³/mol. The van der Waals surface area contributed by atoms with Crippen LogP contribution in [0.3, 0.4) is 0 Å². The molecule has 0 aliphatic rings. The SMILES string of the molecule is Cn1cc(-c2cc(CS(C)(=O)=O)ccc2C(=O)c2ccc(F)cc2)c(C(NC(=O)O)C(C)(C)C)cc1=O. The molecule has 10 heteroatoms. The number of rotatable bonds is 7. The minimum atomic E-state index is -3.42. The molecular formula is C27H29FN2O6S. The molecule has 0 aliphatic carbocycles. The normalized spacial score (nSPS) is 12.7. The molecule has 0 aliphatic heterocycles. The summed E-state index contributed by atoms with van der Waals surface area (Å²) in [4.78, 5) is 37.9. The summed E-state index contributed by atoms with van der Waals surface area (Å²) in [6.45, 7) is 5.42. The quantitative estimate of drug-likeness (QED) is 0.441. The van der Waals surface area contributed by atoms with Gasteiger partial charge in [0.1, 0.15) is 5.82 Å². The number of amides is 1. The number of pyridine rings is 1. The van der Waals surface area contributed by atoms with E-state index >= 15 is 0 Å². The highest BCUT2D eigenvalue weighted by Crippen LogP contribution is 2.39. The van der Waals surface area contributed by atoms with Gasteiger partial charge < -0.3 is 15.0 Å². The van der Waals surface area contributed by atoms with Crippen LogP contribution < -0.4 is 10.9 Å². The van der Waals surface area contributed by atoms with E-state index in [1.165, 1.54) is 48.1 Å². The topological polar surface area (TPSA) is 123 Å². The van der Waals surface area contributed by atoms with E-state index in [-0.39, 0.29) is 22.4 Å². The number of aromatic nitrogens is 1. The Morgan fingerprint density at radius 2 is 1.68 bits per heavy atom. The fourth-order valence-electron chi connectivity index (χ4n) is 4.15. The zero-order chi connectivity index (χ0) is 27.7. The van der Waals surface area contributed by atoms with Gasteiger partial charge in [0.15, 0.2) is 15.6 Å². The molecule has 0 fully saturated rings. The maximum atomic E-state index is 13.5. The summed E-state index contributed by atoms with van der Waals surface area (Å²) in [5.74, 6) is -1.24. The molecule has 0 saturated heterocycles. The second-order valence-corrected chi connectivity index (χ2v) is 12.3. The summed E-state index contributed by atoms with van der Waals surface area (Å²) >= 11 is 0. The average Bonchev–Trinajstić information content (AvgIpc) is 2.77. The Bertz CT molecular complexity index is 1520. The van der Waals surface area contributed by atoms with Crippen LogP contribution in [-0.2, 0) is 22.6 Å². The number of benzene rings is 2. The van der Waals surface area contributed by atoms with Gasteiger partial charge in [-0.1, -0.05) is 32.9 Å². The summed E-state index contributed by atoms with van der Waals surface area (Å²) < 4.78 is 38.8. The van der Waals surface area contributed by atoms with Crippen LogP contribution >= 0.6 is 0 Å². The number of aryl methyl sites for hydroxylation is 1. The number of nitrogens with zero attached hydrogens (tertiary/aromatic N) is 1. The van der Waals surface area contributed by atoms with Gasteiger partial charge in [-0.25, -0.2) is 17.6 Å². The average molecular weight is 529 g/mol. The van der Waals surface area contributed by atoms with Crippen molar-refractivity contribution in [3.63, 3.8) is 0 Å². The number of hydrogen-bond acceptors (Lipinski definition) is 5. The van der Waals surface area contributed by atoms with Crippen molar-refractivity contribution < 1.29 is 27.5 Å². The van der Waals surface area contributed by atoms with E-state index in [0.717, 1.165) is 18.4 Å². The van der Waals surface area contributed by atoms with E-state index in [1.54, 1.807) is 26.8 Å². The van der Waals surface area contributed by atoms with Crippen LogP contribution in [0.2, 0.25) is 0 Å². The number of ketones is 1. The first-order valence-corrected chi connectivity index (χ1v) is 13.4. The monoisotopic (exact) mass is 528 g/mol. The molecule has 2 aromatic carbocycles. The third-order valence-corrected chi connectivity index (χ3v) is 6.72. The van der Waals surface area contributed by atoms with Crippen molar-refractivity contribution >= 4 is 21.7 Å². The number of halogens is 1. The Balaban J connectivity index is 2.38. The standard InChI is InChI=1S/C27H29FN2O6S/c1-27(2,3)25(29-26(33)34)21-13-23(31)30(4)14-22(21)20-12-16(15-37(5,35)36)6-11-19(20)24(32)17-7-9-18(28)10-8-17/h6-14,25,29H,15H2,1-5H3,(H,33,34). The highest BCUT2D eigenvalue weighted by molar-refractivity contribution is 7.89. The largest absolute Gasteiger partial charge is 0.465 e. The highest BCUT2D eigenvalue weighted by atomic mass is 32.2. The molecule has 1 amide bonds. The van der Waals surface area contributed by atoms with Crippen LogP contribution in [0.15, 0.2) is 59.5 Å². The number of carbonyl (C=O) groups is 2. The van der Waals surface area contributed by atoms with E-state index in [9.17, 15) is 32.3 Å². The van der Waals surface area contributed by atoms with Gasteiger partial charge in [-0.15, -0.1) is 0 Å². The number of carbonyl (C=O) groups excluding carboxylic acids is 1. The molecule has 0 radical (unpaired) electrons. The molecule has 0 spiro atoms. The summed E-state index contributed by atoms with van der Waals surface area (Å²) in [6.07, 6.45) is 1.30. The van der Waals surface area contributed by atoms with Crippen molar-refractivity contribution in [2.45, 2.75) is 32.6 Å². The lowest BCUT2D eigenvalue weighted by atomic mass is 9.79. The Hall–Kier alpha value is -3.79. The first-order valence-electron chi connectivity index (χ1n) is 11.4. The highest BCUT2D eigenvalue weighted by Gasteiger charge is 2.32. The summed E-state index contributed by atoms with van der Waals surface area (Å²) in [5, 5.41) is 12.0. The van der Waals surface area contributed by atoms with Crippen molar-refractivity contribution in [2.75, 3.05) is 6.26 Å². The van der Waals surface area contributed by atoms with Crippen LogP contribution in [0.1, 0.15) is 53.9 Å². The molecule has 1 atom stereocenters. The smallest absolute Gasteiger partial charge is 0.405 e. The summed E-state index contributed by atoms with van der Waals surface area (Å²) in [6, 6.07) is 10.1. The molecule has 0 bridgehead atoms. The van der Waals surface area contributed by atoms with E-state index in [0.29, 0.717) is 22.3 Å². The van der Waals surface area contributed by atoms with Gasteiger partial charge in [0.25, 0.3) is 5.56 Å². The minimum absolute atomic E-state index is 0.187.